The van der Waals surface area contributed by atoms with E-state index in [2.05, 4.69) is 5.32 Å². The Balaban J connectivity index is 1.84. The number of hydrogen-bond acceptors (Lipinski definition) is 4. The number of methoxy groups -OCH3 is 1. The van der Waals surface area contributed by atoms with Crippen molar-refractivity contribution in [2.24, 2.45) is 0 Å². The number of amides is 1. The van der Waals surface area contributed by atoms with E-state index in [1.165, 1.54) is 0 Å². The molecule has 2 rings (SSSR count). The van der Waals surface area contributed by atoms with Crippen LogP contribution in [0, 0.1) is 0 Å². The van der Waals surface area contributed by atoms with E-state index in [0.717, 1.165) is 36.6 Å². The number of carbonyl (C=O) groups is 1. The molecule has 1 aliphatic rings. The molecule has 1 amide bonds. The van der Waals surface area contributed by atoms with Crippen molar-refractivity contribution >= 4 is 17.7 Å². The maximum absolute atomic E-state index is 12.3. The van der Waals surface area contributed by atoms with Crippen molar-refractivity contribution in [1.82, 2.24) is 10.2 Å². The van der Waals surface area contributed by atoms with E-state index >= 15 is 0 Å². The van der Waals surface area contributed by atoms with Gasteiger partial charge in [-0.05, 0) is 44.2 Å². The molecular formula is C15H22N2O2S. The molecule has 1 unspecified atom stereocenters. The molecule has 1 aliphatic heterocycles. The maximum atomic E-state index is 12.3. The Morgan fingerprint density at radius 3 is 2.85 bits per heavy atom. The molecule has 20 heavy (non-hydrogen) atoms. The van der Waals surface area contributed by atoms with Gasteiger partial charge in [0.25, 0.3) is 0 Å². The highest BCUT2D eigenvalue weighted by Gasteiger charge is 2.27. The molecule has 5 heteroatoms. The van der Waals surface area contributed by atoms with Crippen molar-refractivity contribution in [1.29, 1.82) is 0 Å². The molecule has 1 saturated heterocycles. The summed E-state index contributed by atoms with van der Waals surface area (Å²) in [6, 6.07) is 8.19. The lowest BCUT2D eigenvalue weighted by molar-refractivity contribution is -0.129. The maximum Gasteiger partial charge on any atom is 0.233 e. The number of rotatable bonds is 6. The van der Waals surface area contributed by atoms with Crippen molar-refractivity contribution in [3.8, 4) is 5.75 Å². The van der Waals surface area contributed by atoms with Gasteiger partial charge in [0.2, 0.25) is 5.91 Å². The van der Waals surface area contributed by atoms with Crippen LogP contribution in [0.4, 0.5) is 0 Å². The monoisotopic (exact) mass is 294 g/mol. The van der Waals surface area contributed by atoms with Crippen LogP contribution in [0.15, 0.2) is 29.2 Å². The zero-order valence-corrected chi connectivity index (χ0v) is 12.9. The molecule has 1 N–H and O–H groups in total. The van der Waals surface area contributed by atoms with Crippen LogP contribution >= 0.6 is 11.8 Å². The van der Waals surface area contributed by atoms with E-state index in [0.29, 0.717) is 11.8 Å². The lowest BCUT2D eigenvalue weighted by atomic mass is 10.2. The summed E-state index contributed by atoms with van der Waals surface area (Å²) in [6.45, 7) is 1.79. The molecule has 1 fully saturated rings. The summed E-state index contributed by atoms with van der Waals surface area (Å²) >= 11 is 1.59. The molecule has 1 aromatic rings. The van der Waals surface area contributed by atoms with Crippen molar-refractivity contribution in [3.05, 3.63) is 24.3 Å². The van der Waals surface area contributed by atoms with E-state index in [4.69, 9.17) is 4.74 Å². The average molecular weight is 294 g/mol. The fourth-order valence-electron chi connectivity index (χ4n) is 2.51. The SMILES string of the molecule is CNCC1CCCN1C(=O)CSc1ccc(OC)cc1. The highest BCUT2D eigenvalue weighted by Crippen LogP contribution is 2.23. The van der Waals surface area contributed by atoms with Gasteiger partial charge in [0.1, 0.15) is 5.75 Å². The van der Waals surface area contributed by atoms with Crippen LogP contribution in [0.25, 0.3) is 0 Å². The molecule has 1 aromatic carbocycles. The van der Waals surface area contributed by atoms with Crippen LogP contribution in [0.5, 0.6) is 5.75 Å². The molecule has 0 spiro atoms. The molecular weight excluding hydrogens is 272 g/mol. The Morgan fingerprint density at radius 2 is 2.20 bits per heavy atom. The van der Waals surface area contributed by atoms with Gasteiger partial charge < -0.3 is 15.0 Å². The molecule has 0 radical (unpaired) electrons. The summed E-state index contributed by atoms with van der Waals surface area (Å²) in [6.07, 6.45) is 2.23. The Hall–Kier alpha value is -1.20. The molecule has 1 atom stereocenters. The second-order valence-electron chi connectivity index (χ2n) is 4.91. The minimum Gasteiger partial charge on any atom is -0.497 e. The van der Waals surface area contributed by atoms with Crippen LogP contribution in [-0.4, -0.2) is 49.8 Å². The normalized spacial score (nSPS) is 18.3. The van der Waals surface area contributed by atoms with Gasteiger partial charge in [0.05, 0.1) is 12.9 Å². The second-order valence-corrected chi connectivity index (χ2v) is 5.95. The van der Waals surface area contributed by atoms with Gasteiger partial charge in [-0.2, -0.15) is 0 Å². The summed E-state index contributed by atoms with van der Waals surface area (Å²) in [5.41, 5.74) is 0. The Morgan fingerprint density at radius 1 is 1.45 bits per heavy atom. The molecule has 0 aromatic heterocycles. The topological polar surface area (TPSA) is 41.6 Å². The predicted molar refractivity (Wildman–Crippen MR) is 82.4 cm³/mol. The van der Waals surface area contributed by atoms with Crippen LogP contribution < -0.4 is 10.1 Å². The molecule has 110 valence electrons. The quantitative estimate of drug-likeness (QED) is 0.815. The van der Waals surface area contributed by atoms with Crippen LogP contribution in [0.3, 0.4) is 0 Å². The zero-order valence-electron chi connectivity index (χ0n) is 12.1. The number of hydrogen-bond donors (Lipinski definition) is 1. The number of likely N-dealkylation sites (N-methyl/N-ethyl adjacent to an activating group) is 1. The number of benzene rings is 1. The zero-order chi connectivity index (χ0) is 14.4. The fourth-order valence-corrected chi connectivity index (χ4v) is 3.30. The van der Waals surface area contributed by atoms with Gasteiger partial charge in [0, 0.05) is 24.0 Å². The number of likely N-dealkylation sites (tertiary alicyclic amines) is 1. The molecule has 0 bridgehead atoms. The van der Waals surface area contributed by atoms with Crippen LogP contribution in [0.2, 0.25) is 0 Å². The highest BCUT2D eigenvalue weighted by atomic mass is 32.2. The van der Waals surface area contributed by atoms with E-state index < -0.39 is 0 Å². The Labute approximate surface area is 124 Å². The summed E-state index contributed by atoms with van der Waals surface area (Å²) in [5.74, 6) is 1.59. The number of carbonyl (C=O) groups excluding carboxylic acids is 1. The fraction of sp³-hybridized carbons (Fsp3) is 0.533. The van der Waals surface area contributed by atoms with Gasteiger partial charge >= 0.3 is 0 Å². The predicted octanol–water partition coefficient (Wildman–Crippen LogP) is 2.00. The van der Waals surface area contributed by atoms with E-state index in [-0.39, 0.29) is 5.91 Å². The van der Waals surface area contributed by atoms with Crippen LogP contribution in [-0.2, 0) is 4.79 Å². The highest BCUT2D eigenvalue weighted by molar-refractivity contribution is 8.00. The minimum absolute atomic E-state index is 0.239. The smallest absolute Gasteiger partial charge is 0.233 e. The van der Waals surface area contributed by atoms with Crippen molar-refractivity contribution < 1.29 is 9.53 Å². The summed E-state index contributed by atoms with van der Waals surface area (Å²) < 4.78 is 5.13. The number of nitrogens with one attached hydrogen (secondary N) is 1. The minimum atomic E-state index is 0.239. The summed E-state index contributed by atoms with van der Waals surface area (Å²) in [7, 11) is 3.59. The van der Waals surface area contributed by atoms with Gasteiger partial charge in [-0.15, -0.1) is 11.8 Å². The van der Waals surface area contributed by atoms with Crippen LogP contribution in [0.1, 0.15) is 12.8 Å². The van der Waals surface area contributed by atoms with E-state index in [1.807, 2.05) is 36.2 Å². The largest absolute Gasteiger partial charge is 0.497 e. The van der Waals surface area contributed by atoms with Gasteiger partial charge in [0.15, 0.2) is 0 Å². The third-order valence-electron chi connectivity index (χ3n) is 3.56. The lowest BCUT2D eigenvalue weighted by Crippen LogP contribution is -2.41. The first-order valence-electron chi connectivity index (χ1n) is 6.95. The van der Waals surface area contributed by atoms with Gasteiger partial charge in [-0.3, -0.25) is 4.79 Å². The van der Waals surface area contributed by atoms with Crippen molar-refractivity contribution in [2.75, 3.05) is 33.0 Å². The number of nitrogens with zero attached hydrogens (tertiary/aromatic N) is 1. The second kappa shape index (κ2) is 7.55. The number of ether oxygens (including phenoxy) is 1. The molecule has 4 nitrogen and oxygen atoms in total. The molecule has 0 saturated carbocycles. The Kier molecular flexibility index (Phi) is 5.73. The summed E-state index contributed by atoms with van der Waals surface area (Å²) in [4.78, 5) is 15.4. The van der Waals surface area contributed by atoms with E-state index in [9.17, 15) is 4.79 Å². The molecule has 1 heterocycles. The first-order valence-corrected chi connectivity index (χ1v) is 7.94. The van der Waals surface area contributed by atoms with Crippen molar-refractivity contribution in [2.45, 2.75) is 23.8 Å². The average Bonchev–Trinajstić information content (AvgIpc) is 2.94. The van der Waals surface area contributed by atoms with Gasteiger partial charge in [-0.1, -0.05) is 0 Å². The number of thioether (sulfide) groups is 1. The van der Waals surface area contributed by atoms with Gasteiger partial charge in [-0.25, -0.2) is 0 Å². The molecule has 0 aliphatic carbocycles. The third kappa shape index (κ3) is 3.90. The first kappa shape index (κ1) is 15.2. The first-order chi connectivity index (χ1) is 9.74. The lowest BCUT2D eigenvalue weighted by Gasteiger charge is -2.24. The van der Waals surface area contributed by atoms with Crippen molar-refractivity contribution in [3.63, 3.8) is 0 Å². The summed E-state index contributed by atoms with van der Waals surface area (Å²) in [5, 5.41) is 3.17. The standard InChI is InChI=1S/C15H22N2O2S/c1-16-10-12-4-3-9-17(12)15(18)11-20-14-7-5-13(19-2)6-8-14/h5-8,12,16H,3-4,9-11H2,1-2H3. The third-order valence-corrected chi connectivity index (χ3v) is 4.56. The Bertz CT molecular complexity index is 436. The van der Waals surface area contributed by atoms with E-state index in [1.54, 1.807) is 18.9 Å².